The summed E-state index contributed by atoms with van der Waals surface area (Å²) in [7, 11) is 0. The van der Waals surface area contributed by atoms with Crippen LogP contribution in [0.5, 0.6) is 0 Å². The van der Waals surface area contributed by atoms with Gasteiger partial charge in [0, 0.05) is 51.8 Å². The average Bonchev–Trinajstić information content (AvgIpc) is 3.34. The first-order valence-electron chi connectivity index (χ1n) is 11.9. The molecule has 2 aliphatic heterocycles. The zero-order valence-electron chi connectivity index (χ0n) is 19.5. The van der Waals surface area contributed by atoms with Gasteiger partial charge in [0.1, 0.15) is 11.9 Å². The van der Waals surface area contributed by atoms with Gasteiger partial charge < -0.3 is 24.2 Å². The molecule has 3 heterocycles. The summed E-state index contributed by atoms with van der Waals surface area (Å²) in [6.07, 6.45) is 8.56. The van der Waals surface area contributed by atoms with Gasteiger partial charge in [-0.15, -0.1) is 0 Å². The summed E-state index contributed by atoms with van der Waals surface area (Å²) in [5.41, 5.74) is -0.206. The summed E-state index contributed by atoms with van der Waals surface area (Å²) >= 11 is 12.0. The first-order valence-corrected chi connectivity index (χ1v) is 12.6. The smallest absolute Gasteiger partial charge is 0.246 e. The van der Waals surface area contributed by atoms with Gasteiger partial charge in [0.15, 0.2) is 0 Å². The van der Waals surface area contributed by atoms with Crippen LogP contribution in [0.2, 0.25) is 10.0 Å². The Morgan fingerprint density at radius 1 is 1.11 bits per heavy atom. The number of rotatable bonds is 7. The number of carbonyl (C=O) groups is 2. The third kappa shape index (κ3) is 6.64. The molecule has 0 radical (unpaired) electrons. The van der Waals surface area contributed by atoms with E-state index in [-0.39, 0.29) is 11.8 Å². The first-order chi connectivity index (χ1) is 16.8. The predicted molar refractivity (Wildman–Crippen MR) is 134 cm³/mol. The third-order valence-electron chi connectivity index (χ3n) is 6.68. The number of aromatic nitrogens is 1. The molecule has 2 aliphatic rings. The van der Waals surface area contributed by atoms with Gasteiger partial charge in [0.2, 0.25) is 17.7 Å². The molecule has 0 unspecified atom stereocenters. The minimum atomic E-state index is -0.995. The fourth-order valence-corrected chi connectivity index (χ4v) is 4.82. The summed E-state index contributed by atoms with van der Waals surface area (Å²) in [5.74, 6) is 0.335. The fourth-order valence-electron chi connectivity index (χ4n) is 4.51. The largest absolute Gasteiger partial charge is 0.446 e. The minimum absolute atomic E-state index is 0.0747. The molecule has 2 aromatic rings. The van der Waals surface area contributed by atoms with Crippen LogP contribution in [0.4, 0.5) is 0 Å². The number of carbonyl (C=O) groups excluding carboxylic acids is 2. The Balaban J connectivity index is 1.20. The van der Waals surface area contributed by atoms with Crippen LogP contribution in [0.15, 0.2) is 41.2 Å². The molecule has 8 nitrogen and oxygen atoms in total. The molecule has 0 saturated carbocycles. The number of halogens is 2. The highest BCUT2D eigenvalue weighted by Crippen LogP contribution is 2.31. The van der Waals surface area contributed by atoms with Crippen molar-refractivity contribution < 1.29 is 19.1 Å². The van der Waals surface area contributed by atoms with Crippen molar-refractivity contribution in [2.75, 3.05) is 45.8 Å². The zero-order chi connectivity index (χ0) is 24.8. The lowest BCUT2D eigenvalue weighted by Crippen LogP contribution is -2.44. The molecule has 0 aliphatic carbocycles. The number of oxazole rings is 1. The number of amides is 2. The van der Waals surface area contributed by atoms with Crippen molar-refractivity contribution in [1.29, 1.82) is 0 Å². The third-order valence-corrected chi connectivity index (χ3v) is 7.42. The molecule has 10 heteroatoms. The fraction of sp³-hybridized carbons (Fsp3) is 0.480. The van der Waals surface area contributed by atoms with Crippen LogP contribution in [0, 0.1) is 0 Å². The highest BCUT2D eigenvalue weighted by atomic mass is 35.5. The Morgan fingerprint density at radius 2 is 1.91 bits per heavy atom. The zero-order valence-corrected chi connectivity index (χ0v) is 21.0. The number of hydrogen-bond acceptors (Lipinski definition) is 6. The summed E-state index contributed by atoms with van der Waals surface area (Å²) < 4.78 is 5.30. The molecule has 0 spiro atoms. The van der Waals surface area contributed by atoms with Gasteiger partial charge in [0.05, 0.1) is 16.2 Å². The number of aliphatic hydroxyl groups is 1. The lowest BCUT2D eigenvalue weighted by atomic mass is 9.91. The van der Waals surface area contributed by atoms with Crippen LogP contribution in [0.25, 0.3) is 6.08 Å². The van der Waals surface area contributed by atoms with Crippen molar-refractivity contribution in [2.24, 2.45) is 0 Å². The van der Waals surface area contributed by atoms with Gasteiger partial charge in [0.25, 0.3) is 0 Å². The number of piperidine rings is 1. The van der Waals surface area contributed by atoms with Gasteiger partial charge >= 0.3 is 0 Å². The molecular formula is C25H30Cl2N4O4. The van der Waals surface area contributed by atoms with Crippen molar-refractivity contribution in [3.05, 3.63) is 58.2 Å². The van der Waals surface area contributed by atoms with E-state index in [1.165, 1.54) is 12.3 Å². The molecule has 4 rings (SSSR count). The molecule has 0 bridgehead atoms. The Hall–Kier alpha value is -2.39. The van der Waals surface area contributed by atoms with E-state index >= 15 is 0 Å². The monoisotopic (exact) mass is 520 g/mol. The maximum Gasteiger partial charge on any atom is 0.246 e. The standard InChI is InChI=1S/C25H30Cl2N4O4/c26-20-4-2-19(18-21(20)27)3-5-22(32)31-12-6-23(33)30(15-16-31)11-1-10-29-13-7-25(34,8-14-29)24-28-9-17-35-24/h2-5,9,17-18,34H,1,6-8,10-16H2. The summed E-state index contributed by atoms with van der Waals surface area (Å²) in [4.78, 5) is 35.2. The number of likely N-dealkylation sites (tertiary alicyclic amines) is 1. The van der Waals surface area contributed by atoms with Gasteiger partial charge in [-0.1, -0.05) is 29.3 Å². The molecule has 2 saturated heterocycles. The van der Waals surface area contributed by atoms with Crippen LogP contribution in [-0.2, 0) is 15.2 Å². The molecule has 1 aromatic carbocycles. The lowest BCUT2D eigenvalue weighted by molar-refractivity contribution is -0.130. The van der Waals surface area contributed by atoms with Gasteiger partial charge in [-0.25, -0.2) is 4.98 Å². The van der Waals surface area contributed by atoms with Crippen LogP contribution in [0.1, 0.15) is 37.1 Å². The van der Waals surface area contributed by atoms with Crippen molar-refractivity contribution >= 4 is 41.1 Å². The second-order valence-corrected chi connectivity index (χ2v) is 9.84. The SMILES string of the molecule is O=C(C=Cc1ccc(Cl)c(Cl)c1)N1CCC(=O)N(CCCN2CCC(O)(c3ncco3)CC2)CC1. The van der Waals surface area contributed by atoms with Gasteiger partial charge in [-0.05, 0) is 49.6 Å². The van der Waals surface area contributed by atoms with Crippen molar-refractivity contribution in [2.45, 2.75) is 31.3 Å². The normalized spacial score (nSPS) is 19.3. The van der Waals surface area contributed by atoms with Crippen LogP contribution in [-0.4, -0.2) is 82.4 Å². The molecule has 188 valence electrons. The van der Waals surface area contributed by atoms with Crippen molar-refractivity contribution in [1.82, 2.24) is 19.7 Å². The van der Waals surface area contributed by atoms with Crippen LogP contribution in [0.3, 0.4) is 0 Å². The minimum Gasteiger partial charge on any atom is -0.446 e. The van der Waals surface area contributed by atoms with E-state index in [4.69, 9.17) is 27.6 Å². The number of hydrogen-bond donors (Lipinski definition) is 1. The predicted octanol–water partition coefficient (Wildman–Crippen LogP) is 3.43. The highest BCUT2D eigenvalue weighted by molar-refractivity contribution is 6.42. The highest BCUT2D eigenvalue weighted by Gasteiger charge is 2.37. The molecule has 1 N–H and O–H groups in total. The van der Waals surface area contributed by atoms with E-state index < -0.39 is 5.60 Å². The quantitative estimate of drug-likeness (QED) is 0.562. The van der Waals surface area contributed by atoms with E-state index in [0.29, 0.717) is 61.4 Å². The molecule has 1 aromatic heterocycles. The van der Waals surface area contributed by atoms with E-state index in [1.54, 1.807) is 35.4 Å². The maximum absolute atomic E-state index is 12.7. The number of nitrogens with zero attached hydrogens (tertiary/aromatic N) is 4. The van der Waals surface area contributed by atoms with Crippen LogP contribution < -0.4 is 0 Å². The van der Waals surface area contributed by atoms with E-state index in [1.807, 2.05) is 4.90 Å². The average molecular weight is 521 g/mol. The Kier molecular flexibility index (Phi) is 8.49. The van der Waals surface area contributed by atoms with Crippen molar-refractivity contribution in [3.8, 4) is 0 Å². The lowest BCUT2D eigenvalue weighted by Gasteiger charge is -2.36. The Morgan fingerprint density at radius 3 is 2.63 bits per heavy atom. The second kappa shape index (κ2) is 11.6. The van der Waals surface area contributed by atoms with Gasteiger partial charge in [-0.3, -0.25) is 9.59 Å². The summed E-state index contributed by atoms with van der Waals surface area (Å²) in [6.45, 7) is 4.44. The second-order valence-electron chi connectivity index (χ2n) is 9.03. The van der Waals surface area contributed by atoms with E-state index in [2.05, 4.69) is 9.88 Å². The Bertz CT molecular complexity index is 1050. The molecule has 35 heavy (non-hydrogen) atoms. The molecule has 0 atom stereocenters. The summed E-state index contributed by atoms with van der Waals surface area (Å²) in [6, 6.07) is 5.19. The Labute approximate surface area is 215 Å². The van der Waals surface area contributed by atoms with E-state index in [9.17, 15) is 14.7 Å². The summed E-state index contributed by atoms with van der Waals surface area (Å²) in [5, 5.41) is 11.7. The molecule has 2 fully saturated rings. The maximum atomic E-state index is 12.7. The van der Waals surface area contributed by atoms with E-state index in [0.717, 1.165) is 31.6 Å². The van der Waals surface area contributed by atoms with Gasteiger partial charge in [-0.2, -0.15) is 0 Å². The van der Waals surface area contributed by atoms with Crippen LogP contribution >= 0.6 is 23.2 Å². The first kappa shape index (κ1) is 25.7. The van der Waals surface area contributed by atoms with Crippen molar-refractivity contribution in [3.63, 3.8) is 0 Å². The number of benzene rings is 1. The molecule has 2 amide bonds. The topological polar surface area (TPSA) is 90.1 Å². The molecular weight excluding hydrogens is 491 g/mol.